The zero-order valence-corrected chi connectivity index (χ0v) is 14.4. The summed E-state index contributed by atoms with van der Waals surface area (Å²) in [6.07, 6.45) is -0.437. The van der Waals surface area contributed by atoms with E-state index in [1.54, 1.807) is 0 Å². The van der Waals surface area contributed by atoms with Crippen molar-refractivity contribution in [2.45, 2.75) is 18.7 Å². The minimum absolute atomic E-state index is 0.437. The Labute approximate surface area is 139 Å². The minimum Gasteiger partial charge on any atom is -0.389 e. The second kappa shape index (κ2) is 6.94. The summed E-state index contributed by atoms with van der Waals surface area (Å²) in [5, 5.41) is 13.5. The van der Waals surface area contributed by atoms with Crippen LogP contribution in [0.15, 0.2) is 91.0 Å². The molecule has 0 aliphatic heterocycles. The lowest BCUT2D eigenvalue weighted by Gasteiger charge is -2.31. The van der Waals surface area contributed by atoms with Gasteiger partial charge in [-0.15, -0.1) is 0 Å². The van der Waals surface area contributed by atoms with Gasteiger partial charge in [0.1, 0.15) is 8.07 Å². The van der Waals surface area contributed by atoms with Gasteiger partial charge in [0, 0.05) is 0 Å². The molecule has 116 valence electrons. The molecule has 23 heavy (non-hydrogen) atoms. The van der Waals surface area contributed by atoms with Crippen LogP contribution in [0, 0.1) is 0 Å². The second-order valence-electron chi connectivity index (χ2n) is 6.19. The first kappa shape index (κ1) is 15.7. The Hall–Kier alpha value is -2.16. The fraction of sp³-hybridized carbons (Fsp3) is 0.143. The molecule has 0 fully saturated rings. The van der Waals surface area contributed by atoms with Crippen LogP contribution < -0.4 is 10.4 Å². The van der Waals surface area contributed by atoms with Crippen LogP contribution in [-0.2, 0) is 0 Å². The van der Waals surface area contributed by atoms with Gasteiger partial charge in [-0.1, -0.05) is 108 Å². The quantitative estimate of drug-likeness (QED) is 0.713. The Morgan fingerprint density at radius 3 is 1.52 bits per heavy atom. The van der Waals surface area contributed by atoms with Gasteiger partial charge in [-0.05, 0) is 11.6 Å². The molecular weight excluding hydrogens is 296 g/mol. The lowest BCUT2D eigenvalue weighted by molar-refractivity contribution is 0.198. The number of aliphatic hydroxyl groups is 1. The standard InChI is InChI=1S/C21H22OSi/c1-23(19-13-7-3-8-14-19,20-15-9-4-10-16-20)17-21(22)18-11-5-2-6-12-18/h2-16,21-22H,17H2,1H3/t21-/m1/s1. The molecule has 0 spiro atoms. The highest BCUT2D eigenvalue weighted by Crippen LogP contribution is 2.24. The summed E-state index contributed by atoms with van der Waals surface area (Å²) in [6.45, 7) is 2.35. The molecule has 0 amide bonds. The Balaban J connectivity index is 2.00. The van der Waals surface area contributed by atoms with Crippen molar-refractivity contribution in [1.29, 1.82) is 0 Å². The maximum Gasteiger partial charge on any atom is 0.118 e. The van der Waals surface area contributed by atoms with Gasteiger partial charge >= 0.3 is 0 Å². The molecule has 3 rings (SSSR count). The molecule has 2 heteroatoms. The van der Waals surface area contributed by atoms with Gasteiger partial charge in [0.2, 0.25) is 0 Å². The van der Waals surface area contributed by atoms with E-state index in [4.69, 9.17) is 0 Å². The first-order chi connectivity index (χ1) is 11.2. The predicted octanol–water partition coefficient (Wildman–Crippen LogP) is 3.61. The topological polar surface area (TPSA) is 20.2 Å². The lowest BCUT2D eigenvalue weighted by Crippen LogP contribution is -2.56. The van der Waals surface area contributed by atoms with Crippen LogP contribution in [0.3, 0.4) is 0 Å². The Morgan fingerprint density at radius 1 is 0.696 bits per heavy atom. The molecule has 0 aliphatic rings. The molecule has 0 aromatic heterocycles. The van der Waals surface area contributed by atoms with Crippen molar-refractivity contribution < 1.29 is 5.11 Å². The fourth-order valence-corrected chi connectivity index (χ4v) is 6.86. The Morgan fingerprint density at radius 2 is 1.09 bits per heavy atom. The molecule has 0 aliphatic carbocycles. The van der Waals surface area contributed by atoms with Crippen LogP contribution in [0.1, 0.15) is 11.7 Å². The number of hydrogen-bond acceptors (Lipinski definition) is 1. The molecule has 0 saturated heterocycles. The van der Waals surface area contributed by atoms with Gasteiger partial charge in [-0.2, -0.15) is 0 Å². The summed E-state index contributed by atoms with van der Waals surface area (Å²) >= 11 is 0. The molecule has 3 aromatic rings. The number of benzene rings is 3. The molecule has 1 atom stereocenters. The number of hydrogen-bond donors (Lipinski definition) is 1. The zero-order chi connectivity index (χ0) is 16.1. The van der Waals surface area contributed by atoms with E-state index in [2.05, 4.69) is 67.2 Å². The van der Waals surface area contributed by atoms with E-state index in [9.17, 15) is 5.11 Å². The van der Waals surface area contributed by atoms with Gasteiger partial charge in [0.25, 0.3) is 0 Å². The molecule has 1 nitrogen and oxygen atoms in total. The summed E-state index contributed by atoms with van der Waals surface area (Å²) in [6, 6.07) is 32.1. The van der Waals surface area contributed by atoms with E-state index in [1.165, 1.54) is 10.4 Å². The van der Waals surface area contributed by atoms with Gasteiger partial charge in [-0.25, -0.2) is 0 Å². The number of rotatable bonds is 5. The summed E-state index contributed by atoms with van der Waals surface area (Å²) in [5.41, 5.74) is 0.998. The predicted molar refractivity (Wildman–Crippen MR) is 100.0 cm³/mol. The van der Waals surface area contributed by atoms with Gasteiger partial charge in [-0.3, -0.25) is 0 Å². The highest BCUT2D eigenvalue weighted by molar-refractivity contribution is 7.01. The highest BCUT2D eigenvalue weighted by atomic mass is 28.3. The van der Waals surface area contributed by atoms with Crippen molar-refractivity contribution in [3.63, 3.8) is 0 Å². The van der Waals surface area contributed by atoms with Crippen LogP contribution in [0.5, 0.6) is 0 Å². The first-order valence-corrected chi connectivity index (χ1v) is 10.7. The average Bonchev–Trinajstić information content (AvgIpc) is 2.64. The van der Waals surface area contributed by atoms with Crippen LogP contribution in [0.25, 0.3) is 0 Å². The summed E-state index contributed by atoms with van der Waals surface area (Å²) in [4.78, 5) is 0. The third-order valence-electron chi connectivity index (χ3n) is 4.61. The van der Waals surface area contributed by atoms with Crippen molar-refractivity contribution in [1.82, 2.24) is 0 Å². The van der Waals surface area contributed by atoms with E-state index in [0.29, 0.717) is 0 Å². The maximum absolute atomic E-state index is 10.8. The lowest BCUT2D eigenvalue weighted by atomic mass is 10.1. The first-order valence-electron chi connectivity index (χ1n) is 8.04. The Bertz CT molecular complexity index is 686. The van der Waals surface area contributed by atoms with Crippen molar-refractivity contribution >= 4 is 18.4 Å². The van der Waals surface area contributed by atoms with Gasteiger partial charge < -0.3 is 5.11 Å². The molecule has 0 bridgehead atoms. The second-order valence-corrected chi connectivity index (χ2v) is 10.4. The van der Waals surface area contributed by atoms with Gasteiger partial charge in [0.15, 0.2) is 0 Å². The van der Waals surface area contributed by atoms with Crippen LogP contribution in [-0.4, -0.2) is 13.2 Å². The monoisotopic (exact) mass is 318 g/mol. The van der Waals surface area contributed by atoms with E-state index in [-0.39, 0.29) is 0 Å². The maximum atomic E-state index is 10.8. The SMILES string of the molecule is C[Si](C[C@@H](O)c1ccccc1)(c1ccccc1)c1ccccc1. The van der Waals surface area contributed by atoms with E-state index in [0.717, 1.165) is 11.6 Å². The summed E-state index contributed by atoms with van der Waals surface area (Å²) in [7, 11) is -2.00. The van der Waals surface area contributed by atoms with Crippen LogP contribution in [0.4, 0.5) is 0 Å². The Kier molecular flexibility index (Phi) is 4.75. The van der Waals surface area contributed by atoms with Gasteiger partial charge in [0.05, 0.1) is 6.10 Å². The molecule has 0 unspecified atom stereocenters. The molecule has 0 radical (unpaired) electrons. The molecule has 0 saturated carbocycles. The molecule has 1 N–H and O–H groups in total. The van der Waals surface area contributed by atoms with Crippen molar-refractivity contribution in [3.8, 4) is 0 Å². The minimum atomic E-state index is -2.00. The van der Waals surface area contributed by atoms with E-state index in [1.807, 2.05) is 30.3 Å². The van der Waals surface area contributed by atoms with E-state index >= 15 is 0 Å². The summed E-state index contributed by atoms with van der Waals surface area (Å²) < 4.78 is 0. The largest absolute Gasteiger partial charge is 0.389 e. The molecule has 0 heterocycles. The summed E-state index contributed by atoms with van der Waals surface area (Å²) in [5.74, 6) is 0. The highest BCUT2D eigenvalue weighted by Gasteiger charge is 2.34. The van der Waals surface area contributed by atoms with E-state index < -0.39 is 14.2 Å². The van der Waals surface area contributed by atoms with Crippen LogP contribution in [0.2, 0.25) is 12.6 Å². The van der Waals surface area contributed by atoms with Crippen molar-refractivity contribution in [2.75, 3.05) is 0 Å². The normalized spacial score (nSPS) is 12.8. The third-order valence-corrected chi connectivity index (χ3v) is 9.03. The molecular formula is C21H22OSi. The number of aliphatic hydroxyl groups excluding tert-OH is 1. The van der Waals surface area contributed by atoms with Crippen LogP contribution >= 0.6 is 0 Å². The fourth-order valence-electron chi connectivity index (χ4n) is 3.19. The molecule has 3 aromatic carbocycles. The zero-order valence-electron chi connectivity index (χ0n) is 13.4. The smallest absolute Gasteiger partial charge is 0.118 e. The van der Waals surface area contributed by atoms with Crippen molar-refractivity contribution in [3.05, 3.63) is 96.6 Å². The third kappa shape index (κ3) is 3.44. The average molecular weight is 318 g/mol. The van der Waals surface area contributed by atoms with Crippen molar-refractivity contribution in [2.24, 2.45) is 0 Å².